The minimum Gasteiger partial charge on any atom is -0.452 e. The predicted molar refractivity (Wildman–Crippen MR) is 78.5 cm³/mol. The van der Waals surface area contributed by atoms with Crippen molar-refractivity contribution in [1.82, 2.24) is 0 Å². The zero-order valence-electron chi connectivity index (χ0n) is 9.75. The molecule has 0 unspecified atom stereocenters. The van der Waals surface area contributed by atoms with Crippen molar-refractivity contribution in [2.24, 2.45) is 0 Å². The largest absolute Gasteiger partial charge is 0.452 e. The Hall–Kier alpha value is -1.06. The topological polar surface area (TPSA) is 13.1 Å². The lowest BCUT2D eigenvalue weighted by atomic mass is 10.1. The molecule has 0 aliphatic carbocycles. The van der Waals surface area contributed by atoms with Crippen molar-refractivity contribution in [3.8, 4) is 0 Å². The third kappa shape index (κ3) is 1.65. The molecule has 0 atom stereocenters. The first kappa shape index (κ1) is 11.1. The minimum absolute atomic E-state index is 0.506. The molecule has 0 spiro atoms. The predicted octanol–water partition coefficient (Wildman–Crippen LogP) is 4.31. The van der Waals surface area contributed by atoms with Crippen LogP contribution in [-0.4, -0.2) is 8.80 Å². The van der Waals surface area contributed by atoms with Gasteiger partial charge in [0.05, 0.1) is 17.6 Å². The van der Waals surface area contributed by atoms with Crippen LogP contribution in [0.1, 0.15) is 0 Å². The Bertz CT molecular complexity index is 700. The maximum Gasteiger partial charge on any atom is 0.349 e. The van der Waals surface area contributed by atoms with Crippen molar-refractivity contribution in [3.63, 3.8) is 0 Å². The number of hydrogen-bond donors (Lipinski definition) is 0. The van der Waals surface area contributed by atoms with E-state index in [0.29, 0.717) is 0 Å². The van der Waals surface area contributed by atoms with Crippen LogP contribution in [0.4, 0.5) is 0 Å². The summed E-state index contributed by atoms with van der Waals surface area (Å²) in [6.07, 6.45) is 0. The highest BCUT2D eigenvalue weighted by Crippen LogP contribution is 2.32. The molecular formula is C14H12BrOSi+. The number of fused-ring (bicyclic) bond motifs is 3. The molecule has 3 rings (SSSR count). The summed E-state index contributed by atoms with van der Waals surface area (Å²) in [6, 6.07) is 12.7. The van der Waals surface area contributed by atoms with Gasteiger partial charge >= 0.3 is 8.80 Å². The van der Waals surface area contributed by atoms with Gasteiger partial charge in [-0.2, -0.15) is 0 Å². The molecule has 0 radical (unpaired) electrons. The van der Waals surface area contributed by atoms with Gasteiger partial charge in [-0.1, -0.05) is 24.3 Å². The molecule has 0 aliphatic heterocycles. The number of rotatable bonds is 1. The number of benzene rings is 2. The van der Waals surface area contributed by atoms with Gasteiger partial charge in [-0.25, -0.2) is 0 Å². The third-order valence-corrected chi connectivity index (χ3v) is 5.11. The van der Waals surface area contributed by atoms with Gasteiger partial charge in [0.25, 0.3) is 0 Å². The van der Waals surface area contributed by atoms with E-state index in [4.69, 9.17) is 4.42 Å². The van der Waals surface area contributed by atoms with Crippen molar-refractivity contribution in [1.29, 1.82) is 0 Å². The van der Waals surface area contributed by atoms with Gasteiger partial charge in [0.1, 0.15) is 10.8 Å². The maximum absolute atomic E-state index is 6.05. The molecule has 0 bridgehead atoms. The fourth-order valence-corrected chi connectivity index (χ4v) is 3.70. The fraction of sp³-hybridized carbons (Fsp3) is 0.143. The summed E-state index contributed by atoms with van der Waals surface area (Å²) >= 11 is 3.55. The lowest BCUT2D eigenvalue weighted by molar-refractivity contribution is 0.669. The van der Waals surface area contributed by atoms with E-state index in [-0.39, 0.29) is 0 Å². The summed E-state index contributed by atoms with van der Waals surface area (Å²) in [4.78, 5) is 0. The highest BCUT2D eigenvalue weighted by molar-refractivity contribution is 9.10. The lowest BCUT2D eigenvalue weighted by Gasteiger charge is -1.92. The van der Waals surface area contributed by atoms with Crippen molar-refractivity contribution < 1.29 is 4.42 Å². The Morgan fingerprint density at radius 2 is 1.59 bits per heavy atom. The maximum atomic E-state index is 6.05. The summed E-state index contributed by atoms with van der Waals surface area (Å²) in [5.41, 5.74) is 2.02. The van der Waals surface area contributed by atoms with E-state index in [9.17, 15) is 0 Å². The fourth-order valence-electron chi connectivity index (χ4n) is 2.18. The molecule has 0 saturated heterocycles. The van der Waals surface area contributed by atoms with Crippen LogP contribution in [0.3, 0.4) is 0 Å². The van der Waals surface area contributed by atoms with E-state index in [1.165, 1.54) is 16.0 Å². The van der Waals surface area contributed by atoms with E-state index >= 15 is 0 Å². The summed E-state index contributed by atoms with van der Waals surface area (Å²) in [6.45, 7) is 4.59. The van der Waals surface area contributed by atoms with E-state index < -0.39 is 8.80 Å². The van der Waals surface area contributed by atoms with Gasteiger partial charge in [-0.15, -0.1) is 0 Å². The summed E-state index contributed by atoms with van der Waals surface area (Å²) in [7, 11) is -0.506. The number of para-hydroxylation sites is 2. The van der Waals surface area contributed by atoms with Crippen LogP contribution in [0.15, 0.2) is 45.3 Å². The first-order valence-electron chi connectivity index (χ1n) is 5.59. The zero-order chi connectivity index (χ0) is 12.0. The van der Waals surface area contributed by atoms with Gasteiger partial charge in [0, 0.05) is 10.8 Å². The zero-order valence-corrected chi connectivity index (χ0v) is 12.3. The van der Waals surface area contributed by atoms with Crippen LogP contribution >= 0.6 is 15.9 Å². The van der Waals surface area contributed by atoms with Crippen LogP contribution in [0.2, 0.25) is 13.1 Å². The van der Waals surface area contributed by atoms with Crippen molar-refractivity contribution in [3.05, 3.63) is 40.9 Å². The molecule has 0 aliphatic rings. The Labute approximate surface area is 110 Å². The standard InChI is InChI=1S/C14H12BrOSi/c1-17(2)12-8-4-6-10-9-5-3-7-11(15)13(9)16-14(10)12/h3-8H,1-2H3/q+1. The molecule has 1 nitrogen and oxygen atoms in total. The molecule has 1 heterocycles. The second-order valence-electron chi connectivity index (χ2n) is 4.40. The monoisotopic (exact) mass is 303 g/mol. The van der Waals surface area contributed by atoms with Gasteiger partial charge in [0.2, 0.25) is 0 Å². The van der Waals surface area contributed by atoms with Gasteiger partial charge < -0.3 is 4.42 Å². The summed E-state index contributed by atoms with van der Waals surface area (Å²) in [5, 5.41) is 3.79. The Morgan fingerprint density at radius 1 is 0.941 bits per heavy atom. The minimum atomic E-state index is -0.506. The van der Waals surface area contributed by atoms with Crippen LogP contribution in [-0.2, 0) is 0 Å². The SMILES string of the molecule is C[Si+](C)c1cccc2c1oc1c(Br)cccc12. The molecule has 0 saturated carbocycles. The van der Waals surface area contributed by atoms with Gasteiger partial charge in [0.15, 0.2) is 5.58 Å². The van der Waals surface area contributed by atoms with Crippen LogP contribution in [0.25, 0.3) is 21.9 Å². The van der Waals surface area contributed by atoms with E-state index in [0.717, 1.165) is 15.6 Å². The molecular weight excluding hydrogens is 292 g/mol. The highest BCUT2D eigenvalue weighted by Gasteiger charge is 2.23. The molecule has 2 aromatic carbocycles. The van der Waals surface area contributed by atoms with Gasteiger partial charge in [-0.05, 0) is 28.1 Å². The van der Waals surface area contributed by atoms with Crippen LogP contribution < -0.4 is 5.19 Å². The van der Waals surface area contributed by atoms with Crippen molar-refractivity contribution >= 4 is 51.9 Å². The highest BCUT2D eigenvalue weighted by atomic mass is 79.9. The number of furan rings is 1. The molecule has 0 N–H and O–H groups in total. The van der Waals surface area contributed by atoms with Crippen LogP contribution in [0, 0.1) is 0 Å². The summed E-state index contributed by atoms with van der Waals surface area (Å²) < 4.78 is 7.08. The Kier molecular flexibility index (Phi) is 2.60. The van der Waals surface area contributed by atoms with E-state index in [2.05, 4.69) is 59.4 Å². The quantitative estimate of drug-likeness (QED) is 0.611. The number of hydrogen-bond acceptors (Lipinski definition) is 1. The molecule has 3 aromatic rings. The average Bonchev–Trinajstić information content (AvgIpc) is 2.69. The van der Waals surface area contributed by atoms with E-state index in [1.54, 1.807) is 0 Å². The lowest BCUT2D eigenvalue weighted by Crippen LogP contribution is -2.22. The van der Waals surface area contributed by atoms with Gasteiger partial charge in [-0.3, -0.25) is 0 Å². The summed E-state index contributed by atoms with van der Waals surface area (Å²) in [5.74, 6) is 0. The Balaban J connectivity index is 2.51. The molecule has 17 heavy (non-hydrogen) atoms. The van der Waals surface area contributed by atoms with Crippen molar-refractivity contribution in [2.75, 3.05) is 0 Å². The smallest absolute Gasteiger partial charge is 0.349 e. The third-order valence-electron chi connectivity index (χ3n) is 3.01. The number of halogens is 1. The second kappa shape index (κ2) is 4.00. The molecule has 3 heteroatoms. The first-order chi connectivity index (χ1) is 8.18. The molecule has 1 aromatic heterocycles. The first-order valence-corrected chi connectivity index (χ1v) is 8.88. The van der Waals surface area contributed by atoms with Crippen LogP contribution in [0.5, 0.6) is 0 Å². The normalized spacial score (nSPS) is 11.2. The van der Waals surface area contributed by atoms with Crippen molar-refractivity contribution in [2.45, 2.75) is 13.1 Å². The second-order valence-corrected chi connectivity index (χ2v) is 7.79. The molecule has 0 fully saturated rings. The Morgan fingerprint density at radius 3 is 2.29 bits per heavy atom. The average molecular weight is 304 g/mol. The van der Waals surface area contributed by atoms with E-state index in [1.807, 2.05) is 6.07 Å². The molecule has 0 amide bonds. The molecule has 84 valence electrons.